The Balaban J connectivity index is 0.00000134. The summed E-state index contributed by atoms with van der Waals surface area (Å²) in [6, 6.07) is 24.0. The lowest BCUT2D eigenvalue weighted by atomic mass is 9.87. The summed E-state index contributed by atoms with van der Waals surface area (Å²) in [6.45, 7) is 14.1. The fraction of sp³-hybridized carbons (Fsp3) is 0.364. The van der Waals surface area contributed by atoms with Crippen LogP contribution in [0.2, 0.25) is 0 Å². The van der Waals surface area contributed by atoms with Crippen LogP contribution >= 0.6 is 0 Å². The van der Waals surface area contributed by atoms with E-state index in [0.717, 1.165) is 30.7 Å². The summed E-state index contributed by atoms with van der Waals surface area (Å²) in [5.41, 5.74) is 8.94. The normalized spacial score (nSPS) is 11.0. The van der Waals surface area contributed by atoms with Crippen LogP contribution in [0.5, 0.6) is 0 Å². The number of nitrogens with zero attached hydrogens (tertiary/aromatic N) is 3. The molecular weight excluding hydrogens is 486 g/mol. The Hall–Kier alpha value is -4.02. The summed E-state index contributed by atoms with van der Waals surface area (Å²) in [5, 5.41) is 4.71. The van der Waals surface area contributed by atoms with Gasteiger partial charge in [-0.25, -0.2) is 9.48 Å². The highest BCUT2D eigenvalue weighted by atomic mass is 16.2. The molecular formula is C33H39N3O3. The molecule has 0 radical (unpaired) electrons. The second-order valence-corrected chi connectivity index (χ2v) is 11.0. The van der Waals surface area contributed by atoms with Crippen molar-refractivity contribution < 1.29 is 9.59 Å². The lowest BCUT2D eigenvalue weighted by molar-refractivity contribution is -0.191. The lowest BCUT2D eigenvalue weighted by Crippen LogP contribution is -2.25. The molecule has 6 heteroatoms. The Bertz CT molecular complexity index is 1460. The zero-order valence-electron chi connectivity index (χ0n) is 24.0. The van der Waals surface area contributed by atoms with Crippen LogP contribution in [0.4, 0.5) is 0 Å². The molecule has 1 aromatic heterocycles. The van der Waals surface area contributed by atoms with E-state index in [4.69, 9.17) is 14.7 Å². The minimum atomic E-state index is -0.0230. The van der Waals surface area contributed by atoms with Crippen LogP contribution in [-0.2, 0) is 40.9 Å². The predicted octanol–water partition coefficient (Wildman–Crippen LogP) is 6.29. The van der Waals surface area contributed by atoms with Crippen LogP contribution < -0.4 is 5.69 Å². The van der Waals surface area contributed by atoms with E-state index in [9.17, 15) is 4.79 Å². The predicted molar refractivity (Wildman–Crippen MR) is 155 cm³/mol. The first-order chi connectivity index (χ1) is 18.6. The molecule has 0 unspecified atom stereocenters. The monoisotopic (exact) mass is 525 g/mol. The topological polar surface area (TPSA) is 74.0 Å². The Kier molecular flexibility index (Phi) is 9.97. The maximum Gasteiger partial charge on any atom is 0.373 e. The molecule has 6 nitrogen and oxygen atoms in total. The summed E-state index contributed by atoms with van der Waals surface area (Å²) >= 11 is 0. The molecule has 0 aliphatic rings. The molecule has 0 atom stereocenters. The van der Waals surface area contributed by atoms with Crippen LogP contribution in [0, 0.1) is 13.8 Å². The van der Waals surface area contributed by atoms with E-state index in [1.54, 1.807) is 4.68 Å². The van der Waals surface area contributed by atoms with Crippen molar-refractivity contribution in [3.8, 4) is 11.1 Å². The lowest BCUT2D eigenvalue weighted by Gasteiger charge is -2.19. The van der Waals surface area contributed by atoms with Gasteiger partial charge in [0.05, 0.1) is 6.54 Å². The molecule has 204 valence electrons. The van der Waals surface area contributed by atoms with Crippen molar-refractivity contribution in [3.05, 3.63) is 111 Å². The standard InChI is InChI=1S/C32H39N3O.CO2/c1-7-34-30(33-35(31(34)36)22-26-14-19-29(20-15-26)32(4,5)6)10-8-9-25-12-17-27(18-13-25)28-16-11-23(2)24(3)21-28;2-1-3/h11-21H,7-10,22H2,1-6H3;. The number of hydrogen-bond donors (Lipinski definition) is 0. The molecule has 0 fully saturated rings. The Morgan fingerprint density at radius 1 is 0.795 bits per heavy atom. The SMILES string of the molecule is CCn1c(CCCc2ccc(-c3ccc(C)c(C)c3)cc2)nn(Cc2ccc(C(C)(C)C)cc2)c1=O.O=C=O. The van der Waals surface area contributed by atoms with Crippen molar-refractivity contribution in [2.75, 3.05) is 0 Å². The Labute approximate surface area is 231 Å². The van der Waals surface area contributed by atoms with Gasteiger partial charge in [0.15, 0.2) is 0 Å². The number of rotatable bonds is 8. The van der Waals surface area contributed by atoms with E-state index in [1.807, 2.05) is 11.5 Å². The van der Waals surface area contributed by atoms with Gasteiger partial charge in [0.1, 0.15) is 5.82 Å². The first kappa shape index (κ1) is 29.5. The van der Waals surface area contributed by atoms with Crippen molar-refractivity contribution in [1.29, 1.82) is 0 Å². The van der Waals surface area contributed by atoms with Gasteiger partial charge in [0, 0.05) is 13.0 Å². The van der Waals surface area contributed by atoms with E-state index in [1.165, 1.54) is 33.4 Å². The molecule has 0 saturated heterocycles. The molecule has 4 aromatic rings. The van der Waals surface area contributed by atoms with E-state index < -0.39 is 0 Å². The molecule has 0 saturated carbocycles. The fourth-order valence-corrected chi connectivity index (χ4v) is 4.61. The van der Waals surface area contributed by atoms with E-state index in [-0.39, 0.29) is 17.3 Å². The minimum absolute atomic E-state index is 0.0230. The zero-order valence-corrected chi connectivity index (χ0v) is 24.0. The van der Waals surface area contributed by atoms with Gasteiger partial charge in [-0.2, -0.15) is 14.7 Å². The van der Waals surface area contributed by atoms with E-state index in [2.05, 4.69) is 101 Å². The number of benzene rings is 3. The van der Waals surface area contributed by atoms with Crippen molar-refractivity contribution in [1.82, 2.24) is 14.3 Å². The average molecular weight is 526 g/mol. The third kappa shape index (κ3) is 7.75. The summed E-state index contributed by atoms with van der Waals surface area (Å²) in [6.07, 6.45) is 2.96. The molecule has 0 bridgehead atoms. The van der Waals surface area contributed by atoms with E-state index in [0.29, 0.717) is 13.1 Å². The largest absolute Gasteiger partial charge is 0.373 e. The maximum absolute atomic E-state index is 13.0. The highest BCUT2D eigenvalue weighted by Gasteiger charge is 2.15. The smallest absolute Gasteiger partial charge is 0.279 e. The van der Waals surface area contributed by atoms with Gasteiger partial charge in [0.2, 0.25) is 0 Å². The maximum atomic E-state index is 13.0. The summed E-state index contributed by atoms with van der Waals surface area (Å²) in [5.74, 6) is 0.876. The van der Waals surface area contributed by atoms with Gasteiger partial charge in [-0.05, 0) is 78.0 Å². The second kappa shape index (κ2) is 13.2. The summed E-state index contributed by atoms with van der Waals surface area (Å²) in [4.78, 5) is 29.2. The molecule has 0 aliphatic heterocycles. The van der Waals surface area contributed by atoms with Gasteiger partial charge in [-0.15, -0.1) is 0 Å². The fourth-order valence-electron chi connectivity index (χ4n) is 4.61. The Morgan fingerprint density at radius 2 is 1.38 bits per heavy atom. The molecule has 0 spiro atoms. The first-order valence-corrected chi connectivity index (χ1v) is 13.5. The molecule has 0 aliphatic carbocycles. The summed E-state index contributed by atoms with van der Waals surface area (Å²) in [7, 11) is 0. The average Bonchev–Trinajstić information content (AvgIpc) is 3.20. The number of aromatic nitrogens is 3. The first-order valence-electron chi connectivity index (χ1n) is 13.5. The van der Waals surface area contributed by atoms with Gasteiger partial charge in [-0.1, -0.05) is 87.5 Å². The second-order valence-electron chi connectivity index (χ2n) is 11.0. The van der Waals surface area contributed by atoms with Crippen LogP contribution in [0.15, 0.2) is 71.5 Å². The minimum Gasteiger partial charge on any atom is -0.279 e. The van der Waals surface area contributed by atoms with Crippen LogP contribution in [-0.4, -0.2) is 20.5 Å². The van der Waals surface area contributed by atoms with Gasteiger partial charge >= 0.3 is 11.8 Å². The number of hydrogen-bond acceptors (Lipinski definition) is 4. The molecule has 0 amide bonds. The molecule has 39 heavy (non-hydrogen) atoms. The summed E-state index contributed by atoms with van der Waals surface area (Å²) < 4.78 is 3.43. The highest BCUT2D eigenvalue weighted by Crippen LogP contribution is 2.24. The van der Waals surface area contributed by atoms with Crippen molar-refractivity contribution >= 4 is 6.15 Å². The molecule has 0 N–H and O–H groups in total. The molecule has 1 heterocycles. The number of aryl methyl sites for hydroxylation is 4. The zero-order chi connectivity index (χ0) is 28.6. The third-order valence-corrected chi connectivity index (χ3v) is 7.13. The number of carbonyl (C=O) groups excluding carboxylic acids is 2. The quantitative estimate of drug-likeness (QED) is 0.271. The molecule has 3 aromatic carbocycles. The highest BCUT2D eigenvalue weighted by molar-refractivity contribution is 5.65. The van der Waals surface area contributed by atoms with Crippen LogP contribution in [0.3, 0.4) is 0 Å². The van der Waals surface area contributed by atoms with Crippen molar-refractivity contribution in [2.45, 2.75) is 79.3 Å². The van der Waals surface area contributed by atoms with E-state index >= 15 is 0 Å². The van der Waals surface area contributed by atoms with Gasteiger partial charge in [-0.3, -0.25) is 4.57 Å². The Morgan fingerprint density at radius 3 is 1.95 bits per heavy atom. The van der Waals surface area contributed by atoms with Crippen molar-refractivity contribution in [2.24, 2.45) is 0 Å². The third-order valence-electron chi connectivity index (χ3n) is 7.13. The van der Waals surface area contributed by atoms with Crippen molar-refractivity contribution in [3.63, 3.8) is 0 Å². The van der Waals surface area contributed by atoms with Crippen LogP contribution in [0.25, 0.3) is 11.1 Å². The van der Waals surface area contributed by atoms with Crippen LogP contribution in [0.1, 0.15) is 67.8 Å². The van der Waals surface area contributed by atoms with Gasteiger partial charge < -0.3 is 0 Å². The van der Waals surface area contributed by atoms with Gasteiger partial charge in [0.25, 0.3) is 0 Å². The molecule has 4 rings (SSSR count).